The zero-order valence-corrected chi connectivity index (χ0v) is 10.5. The van der Waals surface area contributed by atoms with Gasteiger partial charge in [-0.1, -0.05) is 20.3 Å². The SMILES string of the molecule is CC[C@H](C)[C@@H](CN)NC(=O)OC(C)(C)C. The summed E-state index contributed by atoms with van der Waals surface area (Å²) in [5, 5.41) is 2.79. The van der Waals surface area contributed by atoms with Crippen molar-refractivity contribution in [2.24, 2.45) is 11.7 Å². The Morgan fingerprint density at radius 2 is 2.00 bits per heavy atom. The zero-order valence-electron chi connectivity index (χ0n) is 10.5. The number of carbonyl (C=O) groups excluding carboxylic acids is 1. The summed E-state index contributed by atoms with van der Waals surface area (Å²) in [6.45, 7) is 10.1. The minimum atomic E-state index is -0.460. The first kappa shape index (κ1) is 14.2. The largest absolute Gasteiger partial charge is 0.444 e. The van der Waals surface area contributed by atoms with Crippen molar-refractivity contribution >= 4 is 6.09 Å². The van der Waals surface area contributed by atoms with E-state index in [1.165, 1.54) is 0 Å². The van der Waals surface area contributed by atoms with Gasteiger partial charge in [-0.05, 0) is 26.7 Å². The second kappa shape index (κ2) is 5.95. The number of ether oxygens (including phenoxy) is 1. The first-order valence-electron chi connectivity index (χ1n) is 5.49. The van der Waals surface area contributed by atoms with Crippen LogP contribution in [0.5, 0.6) is 0 Å². The van der Waals surface area contributed by atoms with E-state index in [-0.39, 0.29) is 6.04 Å². The van der Waals surface area contributed by atoms with Gasteiger partial charge in [0.05, 0.1) is 0 Å². The molecule has 0 rings (SSSR count). The van der Waals surface area contributed by atoms with E-state index in [2.05, 4.69) is 19.2 Å². The Kier molecular flexibility index (Phi) is 5.65. The van der Waals surface area contributed by atoms with Crippen LogP contribution >= 0.6 is 0 Å². The van der Waals surface area contributed by atoms with Crippen LogP contribution in [0.2, 0.25) is 0 Å². The zero-order chi connectivity index (χ0) is 12.1. The lowest BCUT2D eigenvalue weighted by atomic mass is 10.00. The molecule has 0 spiro atoms. The second-order valence-corrected chi connectivity index (χ2v) is 4.87. The van der Waals surface area contributed by atoms with Crippen LogP contribution in [0.4, 0.5) is 4.79 Å². The number of alkyl carbamates (subject to hydrolysis) is 1. The highest BCUT2D eigenvalue weighted by atomic mass is 16.6. The Balaban J connectivity index is 4.13. The highest BCUT2D eigenvalue weighted by molar-refractivity contribution is 5.68. The second-order valence-electron chi connectivity index (χ2n) is 4.87. The molecule has 0 saturated heterocycles. The summed E-state index contributed by atoms with van der Waals surface area (Å²) in [6, 6.07) is -0.00940. The molecule has 0 aliphatic carbocycles. The van der Waals surface area contributed by atoms with E-state index in [9.17, 15) is 4.79 Å². The molecule has 0 fully saturated rings. The Morgan fingerprint density at radius 3 is 2.33 bits per heavy atom. The van der Waals surface area contributed by atoms with Crippen molar-refractivity contribution in [3.05, 3.63) is 0 Å². The summed E-state index contributed by atoms with van der Waals surface area (Å²) in [7, 11) is 0. The van der Waals surface area contributed by atoms with E-state index >= 15 is 0 Å². The van der Waals surface area contributed by atoms with Gasteiger partial charge in [-0.15, -0.1) is 0 Å². The Labute approximate surface area is 92.6 Å². The molecular weight excluding hydrogens is 192 g/mol. The van der Waals surface area contributed by atoms with E-state index in [4.69, 9.17) is 10.5 Å². The topological polar surface area (TPSA) is 64.3 Å². The summed E-state index contributed by atoms with van der Waals surface area (Å²) >= 11 is 0. The third kappa shape index (κ3) is 6.33. The van der Waals surface area contributed by atoms with Crippen LogP contribution in [0.15, 0.2) is 0 Å². The maximum Gasteiger partial charge on any atom is 0.407 e. The number of hydrogen-bond acceptors (Lipinski definition) is 3. The van der Waals surface area contributed by atoms with Crippen molar-refractivity contribution in [1.29, 1.82) is 0 Å². The van der Waals surface area contributed by atoms with Crippen molar-refractivity contribution in [3.63, 3.8) is 0 Å². The van der Waals surface area contributed by atoms with Gasteiger partial charge in [0.15, 0.2) is 0 Å². The lowest BCUT2D eigenvalue weighted by Gasteiger charge is -2.25. The molecule has 0 unspecified atom stereocenters. The van der Waals surface area contributed by atoms with Crippen molar-refractivity contribution in [3.8, 4) is 0 Å². The van der Waals surface area contributed by atoms with Crippen LogP contribution in [0.3, 0.4) is 0 Å². The molecule has 0 saturated carbocycles. The van der Waals surface area contributed by atoms with Crippen molar-refractivity contribution < 1.29 is 9.53 Å². The van der Waals surface area contributed by atoms with Crippen LogP contribution < -0.4 is 11.1 Å². The molecule has 0 aromatic rings. The fraction of sp³-hybridized carbons (Fsp3) is 0.909. The highest BCUT2D eigenvalue weighted by Crippen LogP contribution is 2.10. The van der Waals surface area contributed by atoms with Crippen LogP contribution in [0.25, 0.3) is 0 Å². The lowest BCUT2D eigenvalue weighted by molar-refractivity contribution is 0.0490. The van der Waals surface area contributed by atoms with Crippen LogP contribution in [0, 0.1) is 5.92 Å². The molecule has 0 aliphatic heterocycles. The van der Waals surface area contributed by atoms with Crippen LogP contribution in [-0.4, -0.2) is 24.3 Å². The fourth-order valence-corrected chi connectivity index (χ4v) is 1.18. The van der Waals surface area contributed by atoms with Gasteiger partial charge >= 0.3 is 6.09 Å². The van der Waals surface area contributed by atoms with Crippen molar-refractivity contribution in [2.75, 3.05) is 6.54 Å². The first-order chi connectivity index (χ1) is 6.80. The van der Waals surface area contributed by atoms with Gasteiger partial charge in [0.25, 0.3) is 0 Å². The molecule has 1 amide bonds. The molecule has 0 bridgehead atoms. The van der Waals surface area contributed by atoms with Gasteiger partial charge in [-0.3, -0.25) is 0 Å². The smallest absolute Gasteiger partial charge is 0.407 e. The monoisotopic (exact) mass is 216 g/mol. The summed E-state index contributed by atoms with van der Waals surface area (Å²) < 4.78 is 5.16. The molecule has 4 heteroatoms. The number of carbonyl (C=O) groups is 1. The van der Waals surface area contributed by atoms with Crippen molar-refractivity contribution in [1.82, 2.24) is 5.32 Å². The van der Waals surface area contributed by atoms with Gasteiger partial charge in [0.2, 0.25) is 0 Å². The minimum Gasteiger partial charge on any atom is -0.444 e. The van der Waals surface area contributed by atoms with Crippen LogP contribution in [-0.2, 0) is 4.74 Å². The summed E-state index contributed by atoms with van der Waals surface area (Å²) in [6.07, 6.45) is 0.593. The molecule has 0 heterocycles. The summed E-state index contributed by atoms with van der Waals surface area (Å²) in [4.78, 5) is 11.5. The van der Waals surface area contributed by atoms with Gasteiger partial charge in [-0.25, -0.2) is 4.79 Å². The van der Waals surface area contributed by atoms with Crippen molar-refractivity contribution in [2.45, 2.75) is 52.7 Å². The number of nitrogens with two attached hydrogens (primary N) is 1. The van der Waals surface area contributed by atoms with Gasteiger partial charge < -0.3 is 15.8 Å². The minimum absolute atomic E-state index is 0.00940. The van der Waals surface area contributed by atoms with E-state index in [0.717, 1.165) is 6.42 Å². The Hall–Kier alpha value is -0.770. The van der Waals surface area contributed by atoms with Gasteiger partial charge in [-0.2, -0.15) is 0 Å². The molecule has 0 radical (unpaired) electrons. The predicted molar refractivity (Wildman–Crippen MR) is 61.7 cm³/mol. The number of nitrogens with one attached hydrogen (secondary N) is 1. The molecular formula is C11H24N2O2. The fourth-order valence-electron chi connectivity index (χ4n) is 1.18. The van der Waals surface area contributed by atoms with Crippen LogP contribution in [0.1, 0.15) is 41.0 Å². The molecule has 3 N–H and O–H groups in total. The number of hydrogen-bond donors (Lipinski definition) is 2. The Bertz CT molecular complexity index is 199. The molecule has 15 heavy (non-hydrogen) atoms. The average Bonchev–Trinajstić information content (AvgIpc) is 2.10. The summed E-state index contributed by atoms with van der Waals surface area (Å²) in [5.41, 5.74) is 5.13. The quantitative estimate of drug-likeness (QED) is 0.754. The number of amides is 1. The predicted octanol–water partition coefficient (Wildman–Crippen LogP) is 1.88. The van der Waals surface area contributed by atoms with E-state index in [1.807, 2.05) is 20.8 Å². The third-order valence-electron chi connectivity index (χ3n) is 2.29. The maximum absolute atomic E-state index is 11.5. The molecule has 0 aliphatic rings. The summed E-state index contributed by atoms with van der Waals surface area (Å²) in [5.74, 6) is 0.363. The maximum atomic E-state index is 11.5. The molecule has 4 nitrogen and oxygen atoms in total. The van der Waals surface area contributed by atoms with E-state index in [1.54, 1.807) is 0 Å². The van der Waals surface area contributed by atoms with Gasteiger partial charge in [0.1, 0.15) is 5.60 Å². The number of rotatable bonds is 4. The first-order valence-corrected chi connectivity index (χ1v) is 5.49. The normalized spacial score (nSPS) is 15.6. The average molecular weight is 216 g/mol. The molecule has 0 aromatic heterocycles. The standard InChI is InChI=1S/C11H24N2O2/c1-6-8(2)9(7-12)13-10(14)15-11(3,4)5/h8-9H,6-7,12H2,1-5H3,(H,13,14)/t8-,9+/m0/s1. The van der Waals surface area contributed by atoms with E-state index in [0.29, 0.717) is 12.5 Å². The molecule has 90 valence electrons. The molecule has 2 atom stereocenters. The van der Waals surface area contributed by atoms with E-state index < -0.39 is 11.7 Å². The Morgan fingerprint density at radius 1 is 1.47 bits per heavy atom. The highest BCUT2D eigenvalue weighted by Gasteiger charge is 2.21. The lowest BCUT2D eigenvalue weighted by Crippen LogP contribution is -2.46. The third-order valence-corrected chi connectivity index (χ3v) is 2.29. The van der Waals surface area contributed by atoms with Gasteiger partial charge in [0, 0.05) is 12.6 Å². The molecule has 0 aromatic carbocycles.